The van der Waals surface area contributed by atoms with Gasteiger partial charge in [-0.2, -0.15) is 0 Å². The molecular weight excluding hydrogens is 252 g/mol. The Labute approximate surface area is 120 Å². The molecule has 1 saturated heterocycles. The number of benzene rings is 1. The fraction of sp³-hybridized carbons (Fsp3) is 0.562. The van der Waals surface area contributed by atoms with Gasteiger partial charge in [-0.1, -0.05) is 6.07 Å². The second kappa shape index (κ2) is 5.44. The molecule has 108 valence electrons. The van der Waals surface area contributed by atoms with E-state index in [9.17, 15) is 9.90 Å². The highest BCUT2D eigenvalue weighted by Gasteiger charge is 2.28. The molecular formula is C16H22N2O2. The van der Waals surface area contributed by atoms with Crippen molar-refractivity contribution in [3.05, 3.63) is 29.3 Å². The maximum Gasteiger partial charge on any atom is 0.254 e. The summed E-state index contributed by atoms with van der Waals surface area (Å²) in [6.45, 7) is 6.53. The Morgan fingerprint density at radius 1 is 1.25 bits per heavy atom. The van der Waals surface area contributed by atoms with E-state index in [2.05, 4.69) is 4.90 Å². The molecule has 2 aliphatic rings. The van der Waals surface area contributed by atoms with Crippen LogP contribution in [0.3, 0.4) is 0 Å². The second-order valence-electron chi connectivity index (χ2n) is 5.99. The molecule has 0 atom stereocenters. The molecule has 0 aromatic heterocycles. The maximum absolute atomic E-state index is 12.5. The van der Waals surface area contributed by atoms with E-state index in [4.69, 9.17) is 0 Å². The topological polar surface area (TPSA) is 43.8 Å². The van der Waals surface area contributed by atoms with Crippen LogP contribution in [0, 0.1) is 12.8 Å². The van der Waals surface area contributed by atoms with Crippen molar-refractivity contribution in [1.82, 2.24) is 9.80 Å². The standard InChI is InChI=1S/C16H22N2O2/c1-12-14(3-2-4-15(12)19)16(20)18-9-7-17(8-10-18)11-13-5-6-13/h2-4,13,19H,5-11H2,1H3. The van der Waals surface area contributed by atoms with E-state index in [1.807, 2.05) is 4.90 Å². The molecule has 0 bridgehead atoms. The van der Waals surface area contributed by atoms with Crippen molar-refractivity contribution in [3.8, 4) is 5.75 Å². The molecule has 1 aromatic carbocycles. The molecule has 1 amide bonds. The molecule has 0 radical (unpaired) electrons. The number of phenolic OH excluding ortho intramolecular Hbond substituents is 1. The molecule has 1 N–H and O–H groups in total. The van der Waals surface area contributed by atoms with Crippen molar-refractivity contribution in [2.75, 3.05) is 32.7 Å². The van der Waals surface area contributed by atoms with E-state index in [1.165, 1.54) is 19.4 Å². The molecule has 1 heterocycles. The fourth-order valence-electron chi connectivity index (χ4n) is 2.82. The molecule has 1 aliphatic carbocycles. The van der Waals surface area contributed by atoms with Crippen molar-refractivity contribution in [2.45, 2.75) is 19.8 Å². The Morgan fingerprint density at radius 3 is 2.60 bits per heavy atom. The second-order valence-corrected chi connectivity index (χ2v) is 5.99. The number of aromatic hydroxyl groups is 1. The monoisotopic (exact) mass is 274 g/mol. The highest BCUT2D eigenvalue weighted by atomic mass is 16.3. The minimum absolute atomic E-state index is 0.0458. The lowest BCUT2D eigenvalue weighted by molar-refractivity contribution is 0.0631. The van der Waals surface area contributed by atoms with Gasteiger partial charge in [0.15, 0.2) is 0 Å². The summed E-state index contributed by atoms with van der Waals surface area (Å²) in [6, 6.07) is 5.16. The van der Waals surface area contributed by atoms with Crippen LogP contribution in [-0.2, 0) is 0 Å². The van der Waals surface area contributed by atoms with E-state index in [-0.39, 0.29) is 11.7 Å². The summed E-state index contributed by atoms with van der Waals surface area (Å²) in [5, 5.41) is 9.72. The Morgan fingerprint density at radius 2 is 1.95 bits per heavy atom. The number of carbonyl (C=O) groups excluding carboxylic acids is 1. The van der Waals surface area contributed by atoms with Gasteiger partial charge in [0.2, 0.25) is 0 Å². The summed E-state index contributed by atoms with van der Waals surface area (Å²) in [5.74, 6) is 1.15. The Kier molecular flexibility index (Phi) is 3.66. The van der Waals surface area contributed by atoms with Crippen molar-refractivity contribution < 1.29 is 9.90 Å². The smallest absolute Gasteiger partial charge is 0.254 e. The van der Waals surface area contributed by atoms with E-state index in [0.29, 0.717) is 11.1 Å². The fourth-order valence-corrected chi connectivity index (χ4v) is 2.82. The number of nitrogens with zero attached hydrogens (tertiary/aromatic N) is 2. The summed E-state index contributed by atoms with van der Waals surface area (Å²) in [6.07, 6.45) is 2.75. The third-order valence-electron chi connectivity index (χ3n) is 4.41. The Bertz CT molecular complexity index is 503. The minimum atomic E-state index is 0.0458. The molecule has 20 heavy (non-hydrogen) atoms. The first-order chi connectivity index (χ1) is 9.65. The van der Waals surface area contributed by atoms with Gasteiger partial charge in [-0.15, -0.1) is 0 Å². The van der Waals surface area contributed by atoms with Gasteiger partial charge in [-0.05, 0) is 37.8 Å². The van der Waals surface area contributed by atoms with E-state index < -0.39 is 0 Å². The Hall–Kier alpha value is -1.55. The van der Waals surface area contributed by atoms with Crippen LogP contribution in [0.4, 0.5) is 0 Å². The van der Waals surface area contributed by atoms with Gasteiger partial charge in [0.25, 0.3) is 5.91 Å². The summed E-state index contributed by atoms with van der Waals surface area (Å²) >= 11 is 0. The maximum atomic E-state index is 12.5. The number of rotatable bonds is 3. The first-order valence-corrected chi connectivity index (χ1v) is 7.45. The summed E-state index contributed by atoms with van der Waals surface area (Å²) in [7, 11) is 0. The molecule has 1 aliphatic heterocycles. The van der Waals surface area contributed by atoms with Gasteiger partial charge < -0.3 is 10.0 Å². The van der Waals surface area contributed by atoms with Crippen LogP contribution in [0.2, 0.25) is 0 Å². The SMILES string of the molecule is Cc1c(O)cccc1C(=O)N1CCN(CC2CC2)CC1. The molecule has 4 heteroatoms. The van der Waals surface area contributed by atoms with Crippen LogP contribution in [-0.4, -0.2) is 53.5 Å². The zero-order valence-corrected chi connectivity index (χ0v) is 12.0. The van der Waals surface area contributed by atoms with Crippen molar-refractivity contribution in [3.63, 3.8) is 0 Å². The Balaban J connectivity index is 1.62. The van der Waals surface area contributed by atoms with Gasteiger partial charge in [0.1, 0.15) is 5.75 Å². The molecule has 0 spiro atoms. The van der Waals surface area contributed by atoms with Gasteiger partial charge in [-0.25, -0.2) is 0 Å². The van der Waals surface area contributed by atoms with Crippen molar-refractivity contribution in [1.29, 1.82) is 0 Å². The zero-order chi connectivity index (χ0) is 14.1. The van der Waals surface area contributed by atoms with Crippen molar-refractivity contribution >= 4 is 5.91 Å². The number of carbonyl (C=O) groups is 1. The van der Waals surface area contributed by atoms with Crippen LogP contribution < -0.4 is 0 Å². The van der Waals surface area contributed by atoms with E-state index >= 15 is 0 Å². The lowest BCUT2D eigenvalue weighted by atomic mass is 10.1. The van der Waals surface area contributed by atoms with Gasteiger partial charge >= 0.3 is 0 Å². The molecule has 1 saturated carbocycles. The normalized spacial score (nSPS) is 20.1. The van der Waals surface area contributed by atoms with E-state index in [0.717, 1.165) is 32.1 Å². The van der Waals surface area contributed by atoms with Gasteiger partial charge in [-0.3, -0.25) is 9.69 Å². The van der Waals surface area contributed by atoms with E-state index in [1.54, 1.807) is 25.1 Å². The van der Waals surface area contributed by atoms with Gasteiger partial charge in [0, 0.05) is 43.9 Å². The molecule has 2 fully saturated rings. The number of piperazine rings is 1. The summed E-state index contributed by atoms with van der Waals surface area (Å²) < 4.78 is 0. The number of hydrogen-bond donors (Lipinski definition) is 1. The highest BCUT2D eigenvalue weighted by Crippen LogP contribution is 2.30. The predicted molar refractivity (Wildman–Crippen MR) is 77.9 cm³/mol. The average Bonchev–Trinajstić information content (AvgIpc) is 3.26. The van der Waals surface area contributed by atoms with Crippen LogP contribution >= 0.6 is 0 Å². The third kappa shape index (κ3) is 2.80. The predicted octanol–water partition coefficient (Wildman–Crippen LogP) is 1.87. The summed E-state index contributed by atoms with van der Waals surface area (Å²) in [4.78, 5) is 16.9. The van der Waals surface area contributed by atoms with Crippen molar-refractivity contribution in [2.24, 2.45) is 5.92 Å². The van der Waals surface area contributed by atoms with Gasteiger partial charge in [0.05, 0.1) is 0 Å². The number of phenols is 1. The lowest BCUT2D eigenvalue weighted by Gasteiger charge is -2.35. The minimum Gasteiger partial charge on any atom is -0.508 e. The van der Waals surface area contributed by atoms with Crippen LogP contribution in [0.5, 0.6) is 5.75 Å². The van der Waals surface area contributed by atoms with Crippen LogP contribution in [0.1, 0.15) is 28.8 Å². The number of amides is 1. The largest absolute Gasteiger partial charge is 0.508 e. The quantitative estimate of drug-likeness (QED) is 0.915. The molecule has 0 unspecified atom stereocenters. The first-order valence-electron chi connectivity index (χ1n) is 7.45. The number of hydrogen-bond acceptors (Lipinski definition) is 3. The first kappa shape index (κ1) is 13.4. The summed E-state index contributed by atoms with van der Waals surface area (Å²) in [5.41, 5.74) is 1.30. The van der Waals surface area contributed by atoms with Crippen LogP contribution in [0.25, 0.3) is 0 Å². The molecule has 1 aromatic rings. The highest BCUT2D eigenvalue weighted by molar-refractivity contribution is 5.96. The van der Waals surface area contributed by atoms with Crippen LogP contribution in [0.15, 0.2) is 18.2 Å². The zero-order valence-electron chi connectivity index (χ0n) is 12.0. The average molecular weight is 274 g/mol. The lowest BCUT2D eigenvalue weighted by Crippen LogP contribution is -2.49. The molecule has 4 nitrogen and oxygen atoms in total. The third-order valence-corrected chi connectivity index (χ3v) is 4.41. The molecule has 3 rings (SSSR count).